The Morgan fingerprint density at radius 3 is 2.82 bits per heavy atom. The third kappa shape index (κ3) is 1.70. The highest BCUT2D eigenvalue weighted by Crippen LogP contribution is 2.37. The zero-order valence-electron chi connectivity index (χ0n) is 9.86. The van der Waals surface area contributed by atoms with E-state index in [1.54, 1.807) is 6.92 Å². The van der Waals surface area contributed by atoms with Gasteiger partial charge in [0.25, 0.3) is 0 Å². The highest BCUT2D eigenvalue weighted by atomic mass is 16.1. The fraction of sp³-hybridized carbons (Fsp3) is 0.267. The SMILES string of the molecule is CC(=O)NC[C@H]1Cc2cccc3cccc1c23. The molecule has 0 aliphatic heterocycles. The second kappa shape index (κ2) is 3.88. The lowest BCUT2D eigenvalue weighted by Gasteiger charge is -2.11. The van der Waals surface area contributed by atoms with Gasteiger partial charge < -0.3 is 5.32 Å². The average Bonchev–Trinajstić information content (AvgIpc) is 2.68. The van der Waals surface area contributed by atoms with Gasteiger partial charge in [0, 0.05) is 19.4 Å². The fourth-order valence-corrected chi connectivity index (χ4v) is 2.78. The third-order valence-electron chi connectivity index (χ3n) is 3.53. The lowest BCUT2D eigenvalue weighted by atomic mass is 10.00. The van der Waals surface area contributed by atoms with Gasteiger partial charge in [-0.15, -0.1) is 0 Å². The van der Waals surface area contributed by atoms with Crippen LogP contribution in [0.15, 0.2) is 36.4 Å². The molecule has 2 nitrogen and oxygen atoms in total. The first-order valence-electron chi connectivity index (χ1n) is 6.00. The van der Waals surface area contributed by atoms with E-state index in [0.29, 0.717) is 5.92 Å². The first-order valence-corrected chi connectivity index (χ1v) is 6.00. The van der Waals surface area contributed by atoms with Crippen molar-refractivity contribution in [3.63, 3.8) is 0 Å². The molecule has 2 aromatic carbocycles. The van der Waals surface area contributed by atoms with E-state index >= 15 is 0 Å². The first kappa shape index (κ1) is 10.3. The van der Waals surface area contributed by atoms with Crippen LogP contribution in [-0.4, -0.2) is 12.5 Å². The van der Waals surface area contributed by atoms with Crippen LogP contribution in [0, 0.1) is 0 Å². The zero-order chi connectivity index (χ0) is 11.8. The highest BCUT2D eigenvalue weighted by molar-refractivity contribution is 5.91. The van der Waals surface area contributed by atoms with Crippen molar-refractivity contribution < 1.29 is 4.79 Å². The number of rotatable bonds is 2. The number of hydrogen-bond acceptors (Lipinski definition) is 1. The molecule has 3 rings (SSSR count). The lowest BCUT2D eigenvalue weighted by Crippen LogP contribution is -2.25. The van der Waals surface area contributed by atoms with Crippen LogP contribution in [0.2, 0.25) is 0 Å². The minimum Gasteiger partial charge on any atom is -0.356 e. The van der Waals surface area contributed by atoms with Gasteiger partial charge >= 0.3 is 0 Å². The van der Waals surface area contributed by atoms with Crippen LogP contribution in [0.3, 0.4) is 0 Å². The molecular weight excluding hydrogens is 210 g/mol. The zero-order valence-corrected chi connectivity index (χ0v) is 9.86. The molecule has 17 heavy (non-hydrogen) atoms. The summed E-state index contributed by atoms with van der Waals surface area (Å²) >= 11 is 0. The van der Waals surface area contributed by atoms with Gasteiger partial charge in [0.15, 0.2) is 0 Å². The van der Waals surface area contributed by atoms with Crippen LogP contribution < -0.4 is 5.32 Å². The predicted octanol–water partition coefficient (Wildman–Crippen LogP) is 2.62. The fourth-order valence-electron chi connectivity index (χ4n) is 2.78. The van der Waals surface area contributed by atoms with Crippen molar-refractivity contribution in [3.05, 3.63) is 47.5 Å². The van der Waals surface area contributed by atoms with Crippen molar-refractivity contribution in [3.8, 4) is 0 Å². The summed E-state index contributed by atoms with van der Waals surface area (Å²) in [6, 6.07) is 12.9. The maximum absolute atomic E-state index is 11.0. The average molecular weight is 225 g/mol. The summed E-state index contributed by atoms with van der Waals surface area (Å²) in [5.74, 6) is 0.480. The summed E-state index contributed by atoms with van der Waals surface area (Å²) in [6.07, 6.45) is 1.04. The number of hydrogen-bond donors (Lipinski definition) is 1. The van der Waals surface area contributed by atoms with Gasteiger partial charge in [-0.05, 0) is 28.3 Å². The van der Waals surface area contributed by atoms with E-state index in [1.807, 2.05) is 0 Å². The number of benzene rings is 2. The molecule has 86 valence electrons. The number of carbonyl (C=O) groups excluding carboxylic acids is 1. The molecule has 0 spiro atoms. The standard InChI is InChI=1S/C15H15NO/c1-10(17)16-9-13-8-12-6-2-4-11-5-3-7-14(13)15(11)12/h2-7,13H,8-9H2,1H3,(H,16,17)/t13-/m1/s1. The van der Waals surface area contributed by atoms with E-state index in [4.69, 9.17) is 0 Å². The molecule has 0 aromatic heterocycles. The molecule has 1 N–H and O–H groups in total. The Morgan fingerprint density at radius 2 is 2.06 bits per heavy atom. The Kier molecular flexibility index (Phi) is 2.36. The number of nitrogens with one attached hydrogen (secondary N) is 1. The predicted molar refractivity (Wildman–Crippen MR) is 69.1 cm³/mol. The Bertz CT molecular complexity index is 583. The van der Waals surface area contributed by atoms with Gasteiger partial charge in [-0.1, -0.05) is 36.4 Å². The molecule has 1 aliphatic rings. The van der Waals surface area contributed by atoms with Crippen molar-refractivity contribution in [1.82, 2.24) is 5.32 Å². The third-order valence-corrected chi connectivity index (χ3v) is 3.53. The van der Waals surface area contributed by atoms with E-state index in [-0.39, 0.29) is 5.91 Å². The summed E-state index contributed by atoms with van der Waals surface area (Å²) in [5.41, 5.74) is 2.79. The van der Waals surface area contributed by atoms with Crippen molar-refractivity contribution in [1.29, 1.82) is 0 Å². The molecular formula is C15H15NO. The van der Waals surface area contributed by atoms with Crippen LogP contribution in [0.25, 0.3) is 10.8 Å². The summed E-state index contributed by atoms with van der Waals surface area (Å²) in [7, 11) is 0. The molecule has 2 aromatic rings. The van der Waals surface area contributed by atoms with Gasteiger partial charge in [-0.25, -0.2) is 0 Å². The van der Waals surface area contributed by atoms with Gasteiger partial charge in [-0.2, -0.15) is 0 Å². The van der Waals surface area contributed by atoms with Crippen LogP contribution >= 0.6 is 0 Å². The Hall–Kier alpha value is -1.83. The first-order chi connectivity index (χ1) is 8.25. The van der Waals surface area contributed by atoms with Crippen molar-refractivity contribution >= 4 is 16.7 Å². The van der Waals surface area contributed by atoms with Crippen LogP contribution in [0.4, 0.5) is 0 Å². The molecule has 0 bridgehead atoms. The van der Waals surface area contributed by atoms with E-state index in [1.165, 1.54) is 21.9 Å². The molecule has 1 atom stereocenters. The molecule has 0 saturated carbocycles. The second-order valence-electron chi connectivity index (χ2n) is 4.70. The van der Waals surface area contributed by atoms with Crippen LogP contribution in [0.1, 0.15) is 24.0 Å². The Labute approximate surface area is 101 Å². The van der Waals surface area contributed by atoms with E-state index in [0.717, 1.165) is 13.0 Å². The summed E-state index contributed by atoms with van der Waals surface area (Å²) in [4.78, 5) is 11.0. The normalized spacial score (nSPS) is 17.4. The number of amides is 1. The molecule has 0 heterocycles. The van der Waals surface area contributed by atoms with Crippen LogP contribution in [0.5, 0.6) is 0 Å². The van der Waals surface area contributed by atoms with Crippen molar-refractivity contribution in [2.24, 2.45) is 0 Å². The molecule has 0 radical (unpaired) electrons. The molecule has 1 amide bonds. The van der Waals surface area contributed by atoms with Crippen molar-refractivity contribution in [2.45, 2.75) is 19.3 Å². The van der Waals surface area contributed by atoms with Gasteiger partial charge in [0.05, 0.1) is 0 Å². The van der Waals surface area contributed by atoms with E-state index in [9.17, 15) is 4.79 Å². The van der Waals surface area contributed by atoms with Gasteiger partial charge in [-0.3, -0.25) is 4.79 Å². The minimum absolute atomic E-state index is 0.0492. The molecule has 0 fully saturated rings. The van der Waals surface area contributed by atoms with Crippen LogP contribution in [-0.2, 0) is 11.2 Å². The van der Waals surface area contributed by atoms with E-state index < -0.39 is 0 Å². The Morgan fingerprint density at radius 1 is 1.29 bits per heavy atom. The monoisotopic (exact) mass is 225 g/mol. The molecule has 1 aliphatic carbocycles. The summed E-state index contributed by atoms with van der Waals surface area (Å²) < 4.78 is 0. The molecule has 0 saturated heterocycles. The van der Waals surface area contributed by atoms with Gasteiger partial charge in [0.1, 0.15) is 0 Å². The molecule has 0 unspecified atom stereocenters. The maximum Gasteiger partial charge on any atom is 0.216 e. The topological polar surface area (TPSA) is 29.1 Å². The van der Waals surface area contributed by atoms with Crippen molar-refractivity contribution in [2.75, 3.05) is 6.54 Å². The lowest BCUT2D eigenvalue weighted by molar-refractivity contribution is -0.119. The largest absolute Gasteiger partial charge is 0.356 e. The highest BCUT2D eigenvalue weighted by Gasteiger charge is 2.23. The minimum atomic E-state index is 0.0492. The number of carbonyl (C=O) groups is 1. The van der Waals surface area contributed by atoms with Gasteiger partial charge in [0.2, 0.25) is 5.91 Å². The Balaban J connectivity index is 2.01. The summed E-state index contributed by atoms with van der Waals surface area (Å²) in [6.45, 7) is 2.31. The summed E-state index contributed by atoms with van der Waals surface area (Å²) in [5, 5.41) is 5.63. The van der Waals surface area contributed by atoms with E-state index in [2.05, 4.69) is 41.7 Å². The quantitative estimate of drug-likeness (QED) is 0.836. The molecule has 2 heteroatoms. The maximum atomic E-state index is 11.0. The smallest absolute Gasteiger partial charge is 0.216 e. The second-order valence-corrected chi connectivity index (χ2v) is 4.70.